The Kier molecular flexibility index (Phi) is 8.00. The van der Waals surface area contributed by atoms with E-state index >= 15 is 0 Å². The van der Waals surface area contributed by atoms with Gasteiger partial charge in [-0.2, -0.15) is 0 Å². The highest BCUT2D eigenvalue weighted by Crippen LogP contribution is 2.28. The van der Waals surface area contributed by atoms with Crippen molar-refractivity contribution in [1.29, 1.82) is 0 Å². The van der Waals surface area contributed by atoms with Crippen LogP contribution < -0.4 is 0 Å². The SMILES string of the molecule is COC(=O)c1c(C)noc1-c1ccc(Br)cc1.Cc1noc(-c2ccc(Br)cc2)c1CO. The zero-order valence-electron chi connectivity index (χ0n) is 17.6. The van der Waals surface area contributed by atoms with Crippen molar-refractivity contribution < 1.29 is 23.7 Å². The Morgan fingerprint density at radius 2 is 1.34 bits per heavy atom. The first kappa shape index (κ1) is 23.9. The number of hydrogen-bond donors (Lipinski definition) is 1. The maximum atomic E-state index is 11.6. The van der Waals surface area contributed by atoms with E-state index in [0.29, 0.717) is 22.8 Å². The standard InChI is InChI=1S/C12H10BrNO3.C11H10BrNO2/c1-7-10(12(15)16-2)11(17-14-7)8-3-5-9(13)6-4-8;1-7-10(6-14)11(15-13-7)8-2-4-9(12)5-3-8/h3-6H,1-2H3;2-5,14H,6H2,1H3. The highest BCUT2D eigenvalue weighted by Gasteiger charge is 2.22. The average molecular weight is 564 g/mol. The van der Waals surface area contributed by atoms with Crippen molar-refractivity contribution in [2.45, 2.75) is 20.5 Å². The molecule has 0 aliphatic rings. The maximum absolute atomic E-state index is 11.6. The number of aliphatic hydroxyl groups is 1. The lowest BCUT2D eigenvalue weighted by molar-refractivity contribution is 0.0600. The molecule has 0 aliphatic carbocycles. The smallest absolute Gasteiger partial charge is 0.343 e. The molecule has 4 rings (SSSR count). The van der Waals surface area contributed by atoms with Crippen molar-refractivity contribution in [2.75, 3.05) is 7.11 Å². The quantitative estimate of drug-likeness (QED) is 0.299. The number of esters is 1. The molecular formula is C23H20Br2N2O5. The number of methoxy groups -OCH3 is 1. The molecule has 32 heavy (non-hydrogen) atoms. The molecule has 2 heterocycles. The van der Waals surface area contributed by atoms with Crippen LogP contribution in [0.3, 0.4) is 0 Å². The van der Waals surface area contributed by atoms with Gasteiger partial charge in [0.2, 0.25) is 0 Å². The number of carbonyl (C=O) groups is 1. The fourth-order valence-electron chi connectivity index (χ4n) is 2.91. The number of halogens is 2. The van der Waals surface area contributed by atoms with Gasteiger partial charge in [-0.05, 0) is 50.2 Å². The van der Waals surface area contributed by atoms with E-state index in [9.17, 15) is 9.90 Å². The molecule has 7 nitrogen and oxygen atoms in total. The number of nitrogens with zero attached hydrogens (tertiary/aromatic N) is 2. The van der Waals surface area contributed by atoms with Crippen molar-refractivity contribution in [1.82, 2.24) is 10.3 Å². The Bertz CT molecular complexity index is 1200. The molecule has 166 valence electrons. The van der Waals surface area contributed by atoms with Gasteiger partial charge < -0.3 is 18.9 Å². The second-order valence-electron chi connectivity index (χ2n) is 6.71. The van der Waals surface area contributed by atoms with Gasteiger partial charge in [0.25, 0.3) is 0 Å². The third-order valence-electron chi connectivity index (χ3n) is 4.61. The Morgan fingerprint density at radius 1 is 0.875 bits per heavy atom. The van der Waals surface area contributed by atoms with Crippen LogP contribution in [0, 0.1) is 13.8 Å². The summed E-state index contributed by atoms with van der Waals surface area (Å²) in [4.78, 5) is 11.6. The van der Waals surface area contributed by atoms with E-state index in [4.69, 9.17) is 13.8 Å². The van der Waals surface area contributed by atoms with E-state index in [-0.39, 0.29) is 6.61 Å². The normalized spacial score (nSPS) is 10.4. The summed E-state index contributed by atoms with van der Waals surface area (Å²) < 4.78 is 17.0. The lowest BCUT2D eigenvalue weighted by atomic mass is 10.1. The number of aliphatic hydroxyl groups excluding tert-OH is 1. The minimum atomic E-state index is -0.443. The summed E-state index contributed by atoms with van der Waals surface area (Å²) in [6.45, 7) is 3.47. The number of benzene rings is 2. The lowest BCUT2D eigenvalue weighted by Crippen LogP contribution is -2.03. The molecule has 2 aromatic heterocycles. The van der Waals surface area contributed by atoms with Crippen molar-refractivity contribution in [3.8, 4) is 22.6 Å². The molecule has 4 aromatic rings. The summed E-state index contributed by atoms with van der Waals surface area (Å²) in [5, 5.41) is 16.8. The van der Waals surface area contributed by atoms with E-state index in [2.05, 4.69) is 42.2 Å². The Morgan fingerprint density at radius 3 is 1.84 bits per heavy atom. The second-order valence-corrected chi connectivity index (χ2v) is 8.54. The van der Waals surface area contributed by atoms with Gasteiger partial charge in [-0.25, -0.2) is 4.79 Å². The van der Waals surface area contributed by atoms with E-state index in [1.165, 1.54) is 7.11 Å². The van der Waals surface area contributed by atoms with Gasteiger partial charge in [0.1, 0.15) is 5.56 Å². The zero-order valence-corrected chi connectivity index (χ0v) is 20.7. The second kappa shape index (κ2) is 10.7. The van der Waals surface area contributed by atoms with E-state index in [0.717, 1.165) is 31.3 Å². The third kappa shape index (κ3) is 5.35. The fourth-order valence-corrected chi connectivity index (χ4v) is 3.44. The van der Waals surface area contributed by atoms with Gasteiger partial charge in [0.05, 0.1) is 25.1 Å². The number of aromatic nitrogens is 2. The topological polar surface area (TPSA) is 98.6 Å². The summed E-state index contributed by atoms with van der Waals surface area (Å²) in [6, 6.07) is 15.1. The first-order valence-electron chi connectivity index (χ1n) is 9.48. The number of hydrogen-bond acceptors (Lipinski definition) is 7. The van der Waals surface area contributed by atoms with Crippen LogP contribution in [0.15, 0.2) is 66.5 Å². The van der Waals surface area contributed by atoms with Crippen LogP contribution in [0.4, 0.5) is 0 Å². The van der Waals surface area contributed by atoms with Crippen molar-refractivity contribution in [2.24, 2.45) is 0 Å². The fraction of sp³-hybridized carbons (Fsp3) is 0.174. The van der Waals surface area contributed by atoms with E-state index < -0.39 is 5.97 Å². The molecule has 1 N–H and O–H groups in total. The summed E-state index contributed by atoms with van der Waals surface area (Å²) in [7, 11) is 1.33. The summed E-state index contributed by atoms with van der Waals surface area (Å²) in [5.74, 6) is 0.631. The van der Waals surface area contributed by atoms with Gasteiger partial charge >= 0.3 is 5.97 Å². The molecule has 0 aliphatic heterocycles. The van der Waals surface area contributed by atoms with E-state index in [1.807, 2.05) is 55.5 Å². The number of ether oxygens (including phenoxy) is 1. The van der Waals surface area contributed by atoms with Gasteiger partial charge in [0, 0.05) is 25.6 Å². The first-order chi connectivity index (χ1) is 15.3. The highest BCUT2D eigenvalue weighted by molar-refractivity contribution is 9.10. The summed E-state index contributed by atoms with van der Waals surface area (Å²) >= 11 is 6.71. The molecule has 0 atom stereocenters. The van der Waals surface area contributed by atoms with Crippen LogP contribution >= 0.6 is 31.9 Å². The summed E-state index contributed by atoms with van der Waals surface area (Å²) in [5.41, 5.74) is 4.08. The van der Waals surface area contributed by atoms with Crippen LogP contribution in [0.1, 0.15) is 27.3 Å². The molecule has 0 saturated carbocycles. The zero-order chi connectivity index (χ0) is 23.3. The van der Waals surface area contributed by atoms with Gasteiger partial charge in [-0.15, -0.1) is 0 Å². The molecule has 0 fully saturated rings. The van der Waals surface area contributed by atoms with E-state index in [1.54, 1.807) is 6.92 Å². The van der Waals surface area contributed by atoms with Crippen LogP contribution in [-0.4, -0.2) is 28.5 Å². The van der Waals surface area contributed by atoms with Crippen molar-refractivity contribution >= 4 is 37.8 Å². The largest absolute Gasteiger partial charge is 0.465 e. The molecule has 0 spiro atoms. The predicted molar refractivity (Wildman–Crippen MR) is 126 cm³/mol. The number of rotatable bonds is 4. The molecule has 0 radical (unpaired) electrons. The molecular weight excluding hydrogens is 544 g/mol. The molecule has 2 aromatic carbocycles. The Hall–Kier alpha value is -2.75. The molecule has 0 unspecified atom stereocenters. The number of carbonyl (C=O) groups excluding carboxylic acids is 1. The Labute approximate surface area is 201 Å². The molecule has 0 bridgehead atoms. The average Bonchev–Trinajstić information content (AvgIpc) is 3.37. The van der Waals surface area contributed by atoms with Crippen LogP contribution in [0.2, 0.25) is 0 Å². The third-order valence-corrected chi connectivity index (χ3v) is 5.67. The number of aryl methyl sites for hydroxylation is 2. The Balaban J connectivity index is 0.000000182. The molecule has 0 saturated heterocycles. The van der Waals surface area contributed by atoms with Gasteiger partial charge in [0.15, 0.2) is 11.5 Å². The first-order valence-corrected chi connectivity index (χ1v) is 11.1. The summed E-state index contributed by atoms with van der Waals surface area (Å²) in [6.07, 6.45) is 0. The van der Waals surface area contributed by atoms with Crippen LogP contribution in [0.25, 0.3) is 22.6 Å². The highest BCUT2D eigenvalue weighted by atomic mass is 79.9. The van der Waals surface area contributed by atoms with Crippen LogP contribution in [-0.2, 0) is 11.3 Å². The lowest BCUT2D eigenvalue weighted by Gasteiger charge is -2.00. The van der Waals surface area contributed by atoms with Gasteiger partial charge in [-0.3, -0.25) is 0 Å². The van der Waals surface area contributed by atoms with Crippen molar-refractivity contribution in [3.63, 3.8) is 0 Å². The monoisotopic (exact) mass is 562 g/mol. The molecule has 9 heteroatoms. The van der Waals surface area contributed by atoms with Gasteiger partial charge in [-0.1, -0.05) is 54.3 Å². The minimum absolute atomic E-state index is 0.0548. The van der Waals surface area contributed by atoms with Crippen LogP contribution in [0.5, 0.6) is 0 Å². The molecule has 0 amide bonds. The van der Waals surface area contributed by atoms with Crippen molar-refractivity contribution in [3.05, 3.63) is 80.0 Å². The maximum Gasteiger partial charge on any atom is 0.343 e. The minimum Gasteiger partial charge on any atom is -0.465 e. The predicted octanol–water partition coefficient (Wildman–Crippen LogP) is 6.10.